The van der Waals surface area contributed by atoms with E-state index in [0.29, 0.717) is 18.1 Å². The largest absolute Gasteiger partial charge is 0.450 e. The van der Waals surface area contributed by atoms with Crippen LogP contribution in [0.3, 0.4) is 0 Å². The minimum absolute atomic E-state index is 0.183. The van der Waals surface area contributed by atoms with E-state index in [0.717, 1.165) is 24.8 Å². The van der Waals surface area contributed by atoms with Gasteiger partial charge in [-0.2, -0.15) is 0 Å². The first-order valence-electron chi connectivity index (χ1n) is 7.34. The summed E-state index contributed by atoms with van der Waals surface area (Å²) >= 11 is 6.24. The number of hydrogen-bond donors (Lipinski definition) is 1. The first-order chi connectivity index (χ1) is 10.1. The van der Waals surface area contributed by atoms with Gasteiger partial charge in [-0.05, 0) is 31.4 Å². The first kappa shape index (κ1) is 15.8. The molecule has 2 atom stereocenters. The van der Waals surface area contributed by atoms with E-state index in [1.165, 1.54) is 0 Å². The third-order valence-electron chi connectivity index (χ3n) is 3.79. The molecule has 2 rings (SSSR count). The Morgan fingerprint density at radius 3 is 2.86 bits per heavy atom. The molecule has 1 amide bonds. The summed E-state index contributed by atoms with van der Waals surface area (Å²) in [5.41, 5.74) is 0.771. The van der Waals surface area contributed by atoms with Crippen molar-refractivity contribution < 1.29 is 14.3 Å². The minimum Gasteiger partial charge on any atom is -0.450 e. The number of ketones is 1. The standard InChI is InChI=1S/C16H20ClNO3/c1-2-21-16(20)18-15(11-7-3-5-9-13(11)17)12-8-4-6-10-14(12)19/h3,5,7,9,12,15H,2,4,6,8,10H2,1H3,(H,18,20). The molecule has 1 aromatic rings. The van der Waals surface area contributed by atoms with E-state index < -0.39 is 12.1 Å². The second-order valence-corrected chi connectivity index (χ2v) is 5.59. The van der Waals surface area contributed by atoms with Crippen LogP contribution < -0.4 is 5.32 Å². The van der Waals surface area contributed by atoms with E-state index in [-0.39, 0.29) is 11.7 Å². The third kappa shape index (κ3) is 3.97. The zero-order valence-electron chi connectivity index (χ0n) is 12.1. The van der Waals surface area contributed by atoms with E-state index in [2.05, 4.69) is 5.32 Å². The molecule has 1 aliphatic rings. The first-order valence-corrected chi connectivity index (χ1v) is 7.71. The quantitative estimate of drug-likeness (QED) is 0.918. The van der Waals surface area contributed by atoms with Crippen molar-refractivity contribution in [2.45, 2.75) is 38.6 Å². The number of Topliss-reactive ketones (excluding diaryl/α,β-unsaturated/α-hetero) is 1. The fourth-order valence-corrected chi connectivity index (χ4v) is 3.04. The molecule has 0 spiro atoms. The number of alkyl carbamates (subject to hydrolysis) is 1. The van der Waals surface area contributed by atoms with Crippen LogP contribution in [-0.4, -0.2) is 18.5 Å². The van der Waals surface area contributed by atoms with E-state index in [1.807, 2.05) is 18.2 Å². The van der Waals surface area contributed by atoms with Gasteiger partial charge in [-0.25, -0.2) is 4.79 Å². The average molecular weight is 310 g/mol. The Morgan fingerprint density at radius 2 is 2.19 bits per heavy atom. The van der Waals surface area contributed by atoms with Gasteiger partial charge < -0.3 is 10.1 Å². The van der Waals surface area contributed by atoms with Crippen LogP contribution in [0.25, 0.3) is 0 Å². The lowest BCUT2D eigenvalue weighted by molar-refractivity contribution is -0.125. The van der Waals surface area contributed by atoms with Crippen molar-refractivity contribution in [2.75, 3.05) is 6.61 Å². The highest BCUT2D eigenvalue weighted by atomic mass is 35.5. The number of carbonyl (C=O) groups is 2. The summed E-state index contributed by atoms with van der Waals surface area (Å²) < 4.78 is 4.96. The van der Waals surface area contributed by atoms with Gasteiger partial charge >= 0.3 is 6.09 Å². The van der Waals surface area contributed by atoms with Crippen LogP contribution >= 0.6 is 11.6 Å². The highest BCUT2D eigenvalue weighted by molar-refractivity contribution is 6.31. The molecule has 0 saturated heterocycles. The number of hydrogen-bond acceptors (Lipinski definition) is 3. The Labute approximate surface area is 129 Å². The van der Waals surface area contributed by atoms with Crippen LogP contribution in [-0.2, 0) is 9.53 Å². The average Bonchev–Trinajstić information content (AvgIpc) is 2.47. The summed E-state index contributed by atoms with van der Waals surface area (Å²) in [7, 11) is 0. The van der Waals surface area contributed by atoms with Gasteiger partial charge in [0.1, 0.15) is 5.78 Å². The lowest BCUT2D eigenvalue weighted by atomic mass is 9.80. The number of amides is 1. The van der Waals surface area contributed by atoms with Crippen LogP contribution in [0.5, 0.6) is 0 Å². The lowest BCUT2D eigenvalue weighted by Gasteiger charge is -2.30. The van der Waals surface area contributed by atoms with Crippen LogP contribution in [0.1, 0.15) is 44.2 Å². The number of nitrogens with one attached hydrogen (secondary N) is 1. The number of benzene rings is 1. The molecule has 1 fully saturated rings. The summed E-state index contributed by atoms with van der Waals surface area (Å²) in [5.74, 6) is -0.0500. The minimum atomic E-state index is -0.513. The Morgan fingerprint density at radius 1 is 1.43 bits per heavy atom. The summed E-state index contributed by atoms with van der Waals surface area (Å²) in [6.45, 7) is 2.04. The van der Waals surface area contributed by atoms with E-state index in [4.69, 9.17) is 16.3 Å². The van der Waals surface area contributed by atoms with Crippen molar-refractivity contribution in [3.05, 3.63) is 34.9 Å². The van der Waals surface area contributed by atoms with Gasteiger partial charge in [0.05, 0.1) is 12.6 Å². The number of ether oxygens (including phenoxy) is 1. The van der Waals surface area contributed by atoms with Crippen molar-refractivity contribution in [1.29, 1.82) is 0 Å². The fraction of sp³-hybridized carbons (Fsp3) is 0.500. The van der Waals surface area contributed by atoms with Gasteiger partial charge in [-0.1, -0.05) is 36.2 Å². The molecular weight excluding hydrogens is 290 g/mol. The summed E-state index contributed by atoms with van der Waals surface area (Å²) in [6.07, 6.45) is 2.73. The van der Waals surface area contributed by atoms with Gasteiger partial charge in [0.25, 0.3) is 0 Å². The Bertz CT molecular complexity index is 518. The number of carbonyl (C=O) groups excluding carboxylic acids is 2. The fourth-order valence-electron chi connectivity index (χ4n) is 2.78. The Kier molecular flexibility index (Phi) is 5.62. The van der Waals surface area contributed by atoms with Crippen molar-refractivity contribution in [2.24, 2.45) is 5.92 Å². The van der Waals surface area contributed by atoms with Crippen molar-refractivity contribution in [1.82, 2.24) is 5.32 Å². The summed E-state index contributed by atoms with van der Waals surface area (Å²) in [5, 5.41) is 3.36. The molecule has 0 bridgehead atoms. The predicted molar refractivity (Wildman–Crippen MR) is 81.3 cm³/mol. The van der Waals surface area contributed by atoms with Crippen molar-refractivity contribution in [3.8, 4) is 0 Å². The number of halogens is 1. The molecule has 1 aromatic carbocycles. The molecule has 0 aromatic heterocycles. The zero-order chi connectivity index (χ0) is 15.2. The number of rotatable bonds is 4. The maximum atomic E-state index is 12.2. The molecule has 2 unspecified atom stereocenters. The highest BCUT2D eigenvalue weighted by Gasteiger charge is 2.33. The second kappa shape index (κ2) is 7.46. The van der Waals surface area contributed by atoms with Crippen LogP contribution in [0.2, 0.25) is 5.02 Å². The van der Waals surface area contributed by atoms with Gasteiger partial charge in [-0.3, -0.25) is 4.79 Å². The van der Waals surface area contributed by atoms with Gasteiger partial charge in [-0.15, -0.1) is 0 Å². The Hall–Kier alpha value is -1.55. The highest BCUT2D eigenvalue weighted by Crippen LogP contribution is 2.35. The van der Waals surface area contributed by atoms with E-state index in [9.17, 15) is 9.59 Å². The van der Waals surface area contributed by atoms with Crippen LogP contribution in [0.4, 0.5) is 4.79 Å². The molecular formula is C16H20ClNO3. The Balaban J connectivity index is 2.27. The SMILES string of the molecule is CCOC(=O)NC(c1ccccc1Cl)C1CCCCC1=O. The molecule has 1 aliphatic carbocycles. The van der Waals surface area contributed by atoms with Crippen molar-refractivity contribution >= 4 is 23.5 Å². The van der Waals surface area contributed by atoms with Gasteiger partial charge in [0.15, 0.2) is 0 Å². The topological polar surface area (TPSA) is 55.4 Å². The molecule has 0 heterocycles. The molecule has 0 radical (unpaired) electrons. The van der Waals surface area contributed by atoms with Crippen LogP contribution in [0.15, 0.2) is 24.3 Å². The summed E-state index contributed by atoms with van der Waals surface area (Å²) in [4.78, 5) is 24.0. The molecule has 1 saturated carbocycles. The maximum absolute atomic E-state index is 12.2. The van der Waals surface area contributed by atoms with E-state index >= 15 is 0 Å². The maximum Gasteiger partial charge on any atom is 0.407 e. The molecule has 4 nitrogen and oxygen atoms in total. The second-order valence-electron chi connectivity index (χ2n) is 5.18. The molecule has 114 valence electrons. The summed E-state index contributed by atoms with van der Waals surface area (Å²) in [6, 6.07) is 6.88. The van der Waals surface area contributed by atoms with Crippen molar-refractivity contribution in [3.63, 3.8) is 0 Å². The third-order valence-corrected chi connectivity index (χ3v) is 4.14. The van der Waals surface area contributed by atoms with Crippen LogP contribution in [0, 0.1) is 5.92 Å². The predicted octanol–water partition coefficient (Wildman–Crippen LogP) is 3.89. The molecule has 5 heteroatoms. The van der Waals surface area contributed by atoms with Gasteiger partial charge in [0.2, 0.25) is 0 Å². The normalized spacial score (nSPS) is 19.9. The van der Waals surface area contributed by atoms with E-state index in [1.54, 1.807) is 13.0 Å². The molecule has 21 heavy (non-hydrogen) atoms. The molecule has 0 aliphatic heterocycles. The molecule has 1 N–H and O–H groups in total. The zero-order valence-corrected chi connectivity index (χ0v) is 12.9. The van der Waals surface area contributed by atoms with Gasteiger partial charge in [0, 0.05) is 17.4 Å². The lowest BCUT2D eigenvalue weighted by Crippen LogP contribution is -2.38. The monoisotopic (exact) mass is 309 g/mol. The smallest absolute Gasteiger partial charge is 0.407 e.